The molecular weight excluding hydrogens is 264 g/mol. The fraction of sp³-hybridized carbons (Fsp3) is 0.625. The fourth-order valence-corrected chi connectivity index (χ4v) is 3.62. The van der Waals surface area contributed by atoms with Crippen molar-refractivity contribution in [3.8, 4) is 0 Å². The fourth-order valence-electron chi connectivity index (χ4n) is 3.62. The van der Waals surface area contributed by atoms with Crippen LogP contribution in [-0.4, -0.2) is 40.8 Å². The number of piperidine rings is 1. The summed E-state index contributed by atoms with van der Waals surface area (Å²) in [5.41, 5.74) is 2.10. The van der Waals surface area contributed by atoms with Gasteiger partial charge in [-0.3, -0.25) is 0 Å². The highest BCUT2D eigenvalue weighted by molar-refractivity contribution is 5.71. The van der Waals surface area contributed by atoms with Crippen LogP contribution in [-0.2, 0) is 4.74 Å². The Labute approximate surface area is 124 Å². The maximum atomic E-state index is 5.52. The second-order valence-corrected chi connectivity index (χ2v) is 6.05. The van der Waals surface area contributed by atoms with E-state index in [2.05, 4.69) is 20.9 Å². The Hall–Kier alpha value is -1.46. The predicted molar refractivity (Wildman–Crippen MR) is 81.5 cm³/mol. The van der Waals surface area contributed by atoms with Crippen LogP contribution in [0.15, 0.2) is 18.3 Å². The van der Waals surface area contributed by atoms with E-state index in [9.17, 15) is 0 Å². The third-order valence-corrected chi connectivity index (χ3v) is 4.74. The maximum absolute atomic E-state index is 5.52. The van der Waals surface area contributed by atoms with Crippen LogP contribution < -0.4 is 5.32 Å². The molecule has 0 radical (unpaired) electrons. The molecule has 0 spiro atoms. The smallest absolute Gasteiger partial charge is 0.160 e. The summed E-state index contributed by atoms with van der Waals surface area (Å²) in [6, 6.07) is 4.60. The molecule has 2 saturated heterocycles. The molecule has 2 aromatic heterocycles. The van der Waals surface area contributed by atoms with Gasteiger partial charge in [-0.1, -0.05) is 0 Å². The molecule has 5 nitrogen and oxygen atoms in total. The summed E-state index contributed by atoms with van der Waals surface area (Å²) in [5.74, 6) is 1.75. The summed E-state index contributed by atoms with van der Waals surface area (Å²) in [6.07, 6.45) is 6.37. The van der Waals surface area contributed by atoms with Gasteiger partial charge in [0.15, 0.2) is 5.65 Å². The first kappa shape index (κ1) is 13.2. The van der Waals surface area contributed by atoms with Crippen molar-refractivity contribution < 1.29 is 4.74 Å². The SMILES string of the molecule is c1cnc2c(c1)nc(C1CCOCC1)n2C1CCNCC1. The van der Waals surface area contributed by atoms with Gasteiger partial charge in [0.1, 0.15) is 11.3 Å². The molecule has 0 aliphatic carbocycles. The molecule has 0 saturated carbocycles. The van der Waals surface area contributed by atoms with Crippen molar-refractivity contribution in [1.82, 2.24) is 19.9 Å². The molecule has 4 heterocycles. The lowest BCUT2D eigenvalue weighted by molar-refractivity contribution is 0.0823. The number of nitrogens with one attached hydrogen (secondary N) is 1. The molecule has 0 amide bonds. The minimum Gasteiger partial charge on any atom is -0.381 e. The van der Waals surface area contributed by atoms with Crippen LogP contribution in [0.5, 0.6) is 0 Å². The van der Waals surface area contributed by atoms with Gasteiger partial charge in [-0.15, -0.1) is 0 Å². The predicted octanol–water partition coefficient (Wildman–Crippen LogP) is 2.25. The Morgan fingerprint density at radius 2 is 1.95 bits per heavy atom. The van der Waals surface area contributed by atoms with E-state index in [0.717, 1.165) is 63.2 Å². The molecule has 0 aromatic carbocycles. The van der Waals surface area contributed by atoms with Crippen molar-refractivity contribution >= 4 is 11.2 Å². The summed E-state index contributed by atoms with van der Waals surface area (Å²) >= 11 is 0. The van der Waals surface area contributed by atoms with E-state index in [-0.39, 0.29) is 0 Å². The number of fused-ring (bicyclic) bond motifs is 1. The molecule has 4 rings (SSSR count). The molecule has 5 heteroatoms. The van der Waals surface area contributed by atoms with Crippen molar-refractivity contribution in [3.05, 3.63) is 24.2 Å². The number of aromatic nitrogens is 3. The average Bonchev–Trinajstić information content (AvgIpc) is 2.96. The van der Waals surface area contributed by atoms with Crippen molar-refractivity contribution in [1.29, 1.82) is 0 Å². The van der Waals surface area contributed by atoms with Crippen LogP contribution in [0.25, 0.3) is 11.2 Å². The van der Waals surface area contributed by atoms with Crippen molar-refractivity contribution in [3.63, 3.8) is 0 Å². The second-order valence-electron chi connectivity index (χ2n) is 6.05. The van der Waals surface area contributed by atoms with E-state index in [1.165, 1.54) is 5.82 Å². The molecule has 112 valence electrons. The van der Waals surface area contributed by atoms with E-state index >= 15 is 0 Å². The molecule has 2 aliphatic rings. The first-order chi connectivity index (χ1) is 10.4. The lowest BCUT2D eigenvalue weighted by atomic mass is 9.98. The zero-order valence-electron chi connectivity index (χ0n) is 12.3. The van der Waals surface area contributed by atoms with Gasteiger partial charge in [-0.05, 0) is 50.9 Å². The molecule has 0 bridgehead atoms. The summed E-state index contributed by atoms with van der Waals surface area (Å²) in [5, 5.41) is 3.45. The number of rotatable bonds is 2. The van der Waals surface area contributed by atoms with Crippen LogP contribution in [0.3, 0.4) is 0 Å². The molecular formula is C16H22N4O. The zero-order chi connectivity index (χ0) is 14.1. The van der Waals surface area contributed by atoms with Gasteiger partial charge in [0.05, 0.1) is 0 Å². The largest absolute Gasteiger partial charge is 0.381 e. The third-order valence-electron chi connectivity index (χ3n) is 4.74. The van der Waals surface area contributed by atoms with Gasteiger partial charge in [0, 0.05) is 31.4 Å². The van der Waals surface area contributed by atoms with Gasteiger partial charge in [-0.25, -0.2) is 9.97 Å². The number of nitrogens with zero attached hydrogens (tertiary/aromatic N) is 3. The number of hydrogen-bond acceptors (Lipinski definition) is 4. The van der Waals surface area contributed by atoms with Crippen LogP contribution >= 0.6 is 0 Å². The highest BCUT2D eigenvalue weighted by atomic mass is 16.5. The van der Waals surface area contributed by atoms with Crippen molar-refractivity contribution in [2.75, 3.05) is 26.3 Å². The summed E-state index contributed by atoms with van der Waals surface area (Å²) in [6.45, 7) is 3.88. The number of ether oxygens (including phenoxy) is 1. The second kappa shape index (κ2) is 5.73. The van der Waals surface area contributed by atoms with Crippen LogP contribution in [0.2, 0.25) is 0 Å². The lowest BCUT2D eigenvalue weighted by Gasteiger charge is -2.29. The third kappa shape index (κ3) is 2.45. The Balaban J connectivity index is 1.79. The normalized spacial score (nSPS) is 21.9. The quantitative estimate of drug-likeness (QED) is 0.920. The minimum atomic E-state index is 0.517. The van der Waals surface area contributed by atoms with Crippen LogP contribution in [0.4, 0.5) is 0 Å². The van der Waals surface area contributed by atoms with Gasteiger partial charge >= 0.3 is 0 Å². The van der Waals surface area contributed by atoms with Gasteiger partial charge in [0.2, 0.25) is 0 Å². The first-order valence-corrected chi connectivity index (χ1v) is 8.05. The average molecular weight is 286 g/mol. The molecule has 1 N–H and O–H groups in total. The molecule has 0 unspecified atom stereocenters. The van der Waals surface area contributed by atoms with E-state index in [1.54, 1.807) is 0 Å². The Morgan fingerprint density at radius 3 is 2.76 bits per heavy atom. The lowest BCUT2D eigenvalue weighted by Crippen LogP contribution is -2.31. The van der Waals surface area contributed by atoms with E-state index in [1.807, 2.05) is 12.3 Å². The van der Waals surface area contributed by atoms with Gasteiger partial charge in [0.25, 0.3) is 0 Å². The molecule has 2 aliphatic heterocycles. The number of imidazole rings is 1. The van der Waals surface area contributed by atoms with Crippen molar-refractivity contribution in [2.45, 2.75) is 37.6 Å². The molecule has 2 fully saturated rings. The van der Waals surface area contributed by atoms with E-state index < -0.39 is 0 Å². The first-order valence-electron chi connectivity index (χ1n) is 8.05. The zero-order valence-corrected chi connectivity index (χ0v) is 12.3. The number of pyridine rings is 1. The maximum Gasteiger partial charge on any atom is 0.160 e. The summed E-state index contributed by atoms with van der Waals surface area (Å²) < 4.78 is 7.95. The topological polar surface area (TPSA) is 52.0 Å². The van der Waals surface area contributed by atoms with Gasteiger partial charge < -0.3 is 14.6 Å². The van der Waals surface area contributed by atoms with Crippen LogP contribution in [0.1, 0.15) is 43.5 Å². The Kier molecular flexibility index (Phi) is 3.61. The summed E-state index contributed by atoms with van der Waals surface area (Å²) in [7, 11) is 0. The molecule has 2 aromatic rings. The monoisotopic (exact) mass is 286 g/mol. The Bertz CT molecular complexity index is 612. The van der Waals surface area contributed by atoms with E-state index in [4.69, 9.17) is 9.72 Å². The standard InChI is InChI=1S/C16H22N4O/c1-2-14-16(18-7-1)20(13-3-8-17-9-4-13)15(19-14)12-5-10-21-11-6-12/h1-2,7,12-13,17H,3-6,8-11H2. The van der Waals surface area contributed by atoms with Crippen LogP contribution in [0, 0.1) is 0 Å². The highest BCUT2D eigenvalue weighted by Crippen LogP contribution is 2.33. The van der Waals surface area contributed by atoms with Crippen molar-refractivity contribution in [2.24, 2.45) is 0 Å². The highest BCUT2D eigenvalue weighted by Gasteiger charge is 2.27. The summed E-state index contributed by atoms with van der Waals surface area (Å²) in [4.78, 5) is 9.56. The number of hydrogen-bond donors (Lipinski definition) is 1. The molecule has 0 atom stereocenters. The Morgan fingerprint density at radius 1 is 1.14 bits per heavy atom. The molecule has 21 heavy (non-hydrogen) atoms. The van der Waals surface area contributed by atoms with E-state index in [0.29, 0.717) is 12.0 Å². The van der Waals surface area contributed by atoms with Gasteiger partial charge in [-0.2, -0.15) is 0 Å². The minimum absolute atomic E-state index is 0.517.